The van der Waals surface area contributed by atoms with Gasteiger partial charge in [-0.2, -0.15) is 0 Å². The molecule has 0 N–H and O–H groups in total. The molecule has 1 aromatic carbocycles. The van der Waals surface area contributed by atoms with Crippen LogP contribution in [0.5, 0.6) is 0 Å². The van der Waals surface area contributed by atoms with Gasteiger partial charge in [-0.05, 0) is 38.8 Å². The largest absolute Gasteiger partial charge is 0.451 e. The van der Waals surface area contributed by atoms with Crippen LogP contribution in [0.1, 0.15) is 46.0 Å². The summed E-state index contributed by atoms with van der Waals surface area (Å²) in [5.41, 5.74) is 0.269. The zero-order chi connectivity index (χ0) is 20.1. The van der Waals surface area contributed by atoms with Crippen molar-refractivity contribution >= 4 is 22.8 Å². The van der Waals surface area contributed by atoms with Crippen LogP contribution in [-0.2, 0) is 20.9 Å². The normalized spacial score (nSPS) is 15.9. The van der Waals surface area contributed by atoms with Crippen molar-refractivity contribution in [3.63, 3.8) is 0 Å². The SMILES string of the molecule is CCN(C(=O)[C@H](C)OC(=O)Cn1cnc2ccccc2c1=O)C1CCCCC1. The minimum Gasteiger partial charge on any atom is -0.451 e. The Morgan fingerprint density at radius 3 is 2.68 bits per heavy atom. The van der Waals surface area contributed by atoms with E-state index in [-0.39, 0.29) is 24.1 Å². The third-order valence-corrected chi connectivity index (χ3v) is 5.33. The number of nitrogens with zero attached hydrogens (tertiary/aromatic N) is 3. The van der Waals surface area contributed by atoms with Crippen LogP contribution in [0, 0.1) is 0 Å². The zero-order valence-electron chi connectivity index (χ0n) is 16.5. The third-order valence-electron chi connectivity index (χ3n) is 5.33. The number of para-hydroxylation sites is 1. The first-order chi connectivity index (χ1) is 13.5. The monoisotopic (exact) mass is 385 g/mol. The van der Waals surface area contributed by atoms with E-state index in [2.05, 4.69) is 4.98 Å². The van der Waals surface area contributed by atoms with Gasteiger partial charge in [-0.25, -0.2) is 4.98 Å². The van der Waals surface area contributed by atoms with Gasteiger partial charge in [0.05, 0.1) is 17.2 Å². The lowest BCUT2D eigenvalue weighted by Crippen LogP contribution is -2.46. The predicted octanol–water partition coefficient (Wildman–Crippen LogP) is 2.51. The van der Waals surface area contributed by atoms with Gasteiger partial charge in [0.15, 0.2) is 6.10 Å². The molecule has 1 fully saturated rings. The number of hydrogen-bond acceptors (Lipinski definition) is 5. The number of likely N-dealkylation sites (N-methyl/N-ethyl adjacent to an activating group) is 1. The summed E-state index contributed by atoms with van der Waals surface area (Å²) in [5, 5.41) is 0.441. The van der Waals surface area contributed by atoms with E-state index in [0.717, 1.165) is 25.7 Å². The molecule has 1 atom stereocenters. The number of rotatable bonds is 6. The highest BCUT2D eigenvalue weighted by Crippen LogP contribution is 2.23. The smallest absolute Gasteiger partial charge is 0.326 e. The fourth-order valence-corrected chi connectivity index (χ4v) is 3.86. The van der Waals surface area contributed by atoms with Gasteiger partial charge in [0.1, 0.15) is 6.54 Å². The zero-order valence-corrected chi connectivity index (χ0v) is 16.5. The molecule has 0 spiro atoms. The van der Waals surface area contributed by atoms with Crippen molar-refractivity contribution < 1.29 is 14.3 Å². The fourth-order valence-electron chi connectivity index (χ4n) is 3.86. The van der Waals surface area contributed by atoms with Crippen molar-refractivity contribution in [3.8, 4) is 0 Å². The van der Waals surface area contributed by atoms with Crippen molar-refractivity contribution in [1.82, 2.24) is 14.5 Å². The molecule has 0 aliphatic heterocycles. The molecule has 1 aliphatic carbocycles. The molecule has 1 amide bonds. The topological polar surface area (TPSA) is 81.5 Å². The molecule has 1 saturated carbocycles. The minimum absolute atomic E-state index is 0.174. The molecule has 0 saturated heterocycles. The van der Waals surface area contributed by atoms with Crippen LogP contribution in [0.3, 0.4) is 0 Å². The second-order valence-electron chi connectivity index (χ2n) is 7.24. The number of carbonyl (C=O) groups excluding carboxylic acids is 2. The molecule has 7 heteroatoms. The molecule has 1 heterocycles. The summed E-state index contributed by atoms with van der Waals surface area (Å²) in [6, 6.07) is 7.18. The lowest BCUT2D eigenvalue weighted by molar-refractivity contribution is -0.161. The Bertz CT molecular complexity index is 902. The Morgan fingerprint density at radius 2 is 1.96 bits per heavy atom. The number of aromatic nitrogens is 2. The maximum atomic E-state index is 12.8. The van der Waals surface area contributed by atoms with E-state index in [9.17, 15) is 14.4 Å². The molecule has 1 aromatic heterocycles. The number of esters is 1. The lowest BCUT2D eigenvalue weighted by Gasteiger charge is -2.35. The van der Waals surface area contributed by atoms with Crippen LogP contribution in [0.2, 0.25) is 0 Å². The Hall–Kier alpha value is -2.70. The van der Waals surface area contributed by atoms with Crippen molar-refractivity contribution in [1.29, 1.82) is 0 Å². The average molecular weight is 385 g/mol. The highest BCUT2D eigenvalue weighted by Gasteiger charge is 2.29. The van der Waals surface area contributed by atoms with Gasteiger partial charge in [0.25, 0.3) is 11.5 Å². The summed E-state index contributed by atoms with van der Waals surface area (Å²) in [6.07, 6.45) is 5.91. The van der Waals surface area contributed by atoms with E-state index in [1.165, 1.54) is 17.3 Å². The van der Waals surface area contributed by atoms with E-state index in [4.69, 9.17) is 4.74 Å². The summed E-state index contributed by atoms with van der Waals surface area (Å²) in [5.74, 6) is -0.800. The molecule has 28 heavy (non-hydrogen) atoms. The number of amides is 1. The third kappa shape index (κ3) is 4.40. The highest BCUT2D eigenvalue weighted by molar-refractivity contribution is 5.84. The molecule has 3 rings (SSSR count). The first-order valence-electron chi connectivity index (χ1n) is 9.95. The quantitative estimate of drug-likeness (QED) is 0.714. The van der Waals surface area contributed by atoms with Crippen LogP contribution in [0.25, 0.3) is 10.9 Å². The Kier molecular flexibility index (Phi) is 6.44. The van der Waals surface area contributed by atoms with Gasteiger partial charge >= 0.3 is 5.97 Å². The molecule has 7 nitrogen and oxygen atoms in total. The number of fused-ring (bicyclic) bond motifs is 1. The van der Waals surface area contributed by atoms with Crippen LogP contribution in [-0.4, -0.2) is 45.0 Å². The summed E-state index contributed by atoms with van der Waals surface area (Å²) >= 11 is 0. The van der Waals surface area contributed by atoms with Gasteiger partial charge in [-0.1, -0.05) is 31.4 Å². The Morgan fingerprint density at radius 1 is 1.25 bits per heavy atom. The number of carbonyl (C=O) groups is 2. The first kappa shape index (κ1) is 20.0. The Balaban J connectivity index is 1.64. The number of ether oxygens (including phenoxy) is 1. The van der Waals surface area contributed by atoms with Crippen LogP contribution in [0.4, 0.5) is 0 Å². The van der Waals surface area contributed by atoms with Crippen molar-refractivity contribution in [3.05, 3.63) is 40.9 Å². The molecule has 0 bridgehead atoms. The Labute approximate surface area is 164 Å². The molecule has 0 unspecified atom stereocenters. The van der Waals surface area contributed by atoms with E-state index >= 15 is 0 Å². The van der Waals surface area contributed by atoms with E-state index < -0.39 is 12.1 Å². The van der Waals surface area contributed by atoms with Crippen molar-refractivity contribution in [2.24, 2.45) is 0 Å². The minimum atomic E-state index is -0.876. The average Bonchev–Trinajstić information content (AvgIpc) is 2.71. The van der Waals surface area contributed by atoms with Crippen molar-refractivity contribution in [2.45, 2.75) is 64.6 Å². The summed E-state index contributed by atoms with van der Waals surface area (Å²) in [6.45, 7) is 3.86. The van der Waals surface area contributed by atoms with Gasteiger partial charge < -0.3 is 9.64 Å². The highest BCUT2D eigenvalue weighted by atomic mass is 16.5. The van der Waals surface area contributed by atoms with Gasteiger partial charge in [-0.15, -0.1) is 0 Å². The first-order valence-corrected chi connectivity index (χ1v) is 9.95. The van der Waals surface area contributed by atoms with Gasteiger partial charge in [-0.3, -0.25) is 19.0 Å². The second-order valence-corrected chi connectivity index (χ2v) is 7.24. The van der Waals surface area contributed by atoms with Crippen LogP contribution < -0.4 is 5.56 Å². The van der Waals surface area contributed by atoms with E-state index in [1.54, 1.807) is 31.2 Å². The molecular formula is C21H27N3O4. The van der Waals surface area contributed by atoms with Crippen molar-refractivity contribution in [2.75, 3.05) is 6.54 Å². The van der Waals surface area contributed by atoms with Gasteiger partial charge in [0.2, 0.25) is 0 Å². The lowest BCUT2D eigenvalue weighted by atomic mass is 9.94. The fraction of sp³-hybridized carbons (Fsp3) is 0.524. The maximum absolute atomic E-state index is 12.8. The molecule has 150 valence electrons. The van der Waals surface area contributed by atoms with Gasteiger partial charge in [0, 0.05) is 12.6 Å². The van der Waals surface area contributed by atoms with Crippen LogP contribution >= 0.6 is 0 Å². The number of hydrogen-bond donors (Lipinski definition) is 0. The predicted molar refractivity (Wildman–Crippen MR) is 106 cm³/mol. The molecule has 2 aromatic rings. The molecule has 1 aliphatic rings. The molecule has 0 radical (unpaired) electrons. The standard InChI is InChI=1S/C21H27N3O4/c1-3-24(16-9-5-4-6-10-16)20(26)15(2)28-19(25)13-23-14-22-18-12-8-7-11-17(18)21(23)27/h7-8,11-12,14-16H,3-6,9-10,13H2,1-2H3/t15-/m0/s1. The summed E-state index contributed by atoms with van der Waals surface area (Å²) in [4.78, 5) is 43.6. The van der Waals surface area contributed by atoms with Crippen LogP contribution in [0.15, 0.2) is 35.4 Å². The molecular weight excluding hydrogens is 358 g/mol. The van der Waals surface area contributed by atoms with E-state index in [0.29, 0.717) is 17.4 Å². The van der Waals surface area contributed by atoms with E-state index in [1.807, 2.05) is 11.8 Å². The number of benzene rings is 1. The summed E-state index contributed by atoms with van der Waals surface area (Å²) < 4.78 is 6.55. The summed E-state index contributed by atoms with van der Waals surface area (Å²) in [7, 11) is 0. The maximum Gasteiger partial charge on any atom is 0.326 e. The second kappa shape index (κ2) is 8.99.